The van der Waals surface area contributed by atoms with Gasteiger partial charge in [0.2, 0.25) is 0 Å². The van der Waals surface area contributed by atoms with Crippen LogP contribution in [0.15, 0.2) is 64.5 Å². The van der Waals surface area contributed by atoms with E-state index in [0.29, 0.717) is 18.8 Å². The summed E-state index contributed by atoms with van der Waals surface area (Å²) in [4.78, 5) is 29.5. The van der Waals surface area contributed by atoms with Crippen LogP contribution in [0.2, 0.25) is 0 Å². The highest BCUT2D eigenvalue weighted by Gasteiger charge is 2.42. The van der Waals surface area contributed by atoms with Gasteiger partial charge in [-0.15, -0.1) is 0 Å². The first-order valence-corrected chi connectivity index (χ1v) is 10.3. The van der Waals surface area contributed by atoms with Crippen molar-refractivity contribution >= 4 is 17.8 Å². The molecule has 1 aromatic carbocycles. The van der Waals surface area contributed by atoms with Gasteiger partial charge in [0, 0.05) is 13.1 Å². The number of benzene rings is 1. The maximum Gasteiger partial charge on any atom is 0.290 e. The Morgan fingerprint density at radius 2 is 1.87 bits per heavy atom. The minimum atomic E-state index is -0.643. The molecule has 1 N–H and O–H groups in total. The van der Waals surface area contributed by atoms with Crippen molar-refractivity contribution in [3.63, 3.8) is 0 Å². The van der Waals surface area contributed by atoms with Crippen LogP contribution >= 0.6 is 0 Å². The molecule has 6 heteroatoms. The molecule has 3 rings (SSSR count). The van der Waals surface area contributed by atoms with E-state index in [0.717, 1.165) is 11.1 Å². The van der Waals surface area contributed by atoms with Crippen molar-refractivity contribution in [2.45, 2.75) is 32.2 Å². The number of furan rings is 1. The highest BCUT2D eigenvalue weighted by molar-refractivity contribution is 6.14. The lowest BCUT2D eigenvalue weighted by Crippen LogP contribution is -2.36. The minimum absolute atomic E-state index is 0.0168. The van der Waals surface area contributed by atoms with E-state index in [4.69, 9.17) is 4.42 Å². The van der Waals surface area contributed by atoms with Crippen molar-refractivity contribution in [1.82, 2.24) is 9.80 Å². The predicted octanol–water partition coefficient (Wildman–Crippen LogP) is 4.12. The number of carbonyl (C=O) groups is 2. The second kappa shape index (κ2) is 8.94. The van der Waals surface area contributed by atoms with Crippen molar-refractivity contribution in [1.29, 1.82) is 0 Å². The summed E-state index contributed by atoms with van der Waals surface area (Å²) < 4.78 is 5.24. The number of allylic oxidation sites excluding steroid dienone is 1. The first kappa shape index (κ1) is 22.6. The number of aliphatic hydroxyl groups excluding tert-OH is 1. The Balaban J connectivity index is 1.99. The number of hydrogen-bond donors (Lipinski definition) is 1. The van der Waals surface area contributed by atoms with Crippen LogP contribution in [-0.2, 0) is 15.0 Å². The van der Waals surface area contributed by atoms with Gasteiger partial charge in [-0.1, -0.05) is 45.0 Å². The van der Waals surface area contributed by atoms with Crippen molar-refractivity contribution in [3.05, 3.63) is 77.0 Å². The summed E-state index contributed by atoms with van der Waals surface area (Å²) in [6.45, 7) is 7.39. The van der Waals surface area contributed by atoms with Crippen LogP contribution in [0.4, 0.5) is 0 Å². The second-order valence-corrected chi connectivity index (χ2v) is 9.05. The van der Waals surface area contributed by atoms with Crippen LogP contribution in [0.25, 0.3) is 6.08 Å². The standard InChI is InChI=1S/C25H30N2O4/c1-25(2,3)18-10-8-17(9-11-18)22-21(20(28)13-12-19-7-6-16-31-19)23(29)24(30)27(22)15-14-26(4)5/h6-13,16,22,29H,14-15H2,1-5H3/b13-12+. The molecular formula is C25H30N2O4. The normalized spacial score (nSPS) is 17.4. The summed E-state index contributed by atoms with van der Waals surface area (Å²) in [7, 11) is 3.83. The van der Waals surface area contributed by atoms with Gasteiger partial charge in [-0.25, -0.2) is 0 Å². The molecule has 1 atom stereocenters. The number of aliphatic hydroxyl groups is 1. The maximum atomic E-state index is 13.1. The summed E-state index contributed by atoms with van der Waals surface area (Å²) in [5.74, 6) is -0.910. The number of hydrogen-bond acceptors (Lipinski definition) is 5. The molecule has 1 aliphatic rings. The summed E-state index contributed by atoms with van der Waals surface area (Å²) >= 11 is 0. The van der Waals surface area contributed by atoms with Crippen LogP contribution in [-0.4, -0.2) is 53.8 Å². The Morgan fingerprint density at radius 1 is 1.19 bits per heavy atom. The van der Waals surface area contributed by atoms with Gasteiger partial charge < -0.3 is 19.3 Å². The number of likely N-dealkylation sites (N-methyl/N-ethyl adjacent to an activating group) is 1. The number of ketones is 1. The number of rotatable bonds is 7. The third kappa shape index (κ3) is 4.97. The van der Waals surface area contributed by atoms with E-state index in [1.165, 1.54) is 18.4 Å². The molecule has 0 saturated heterocycles. The zero-order valence-corrected chi connectivity index (χ0v) is 18.8. The first-order chi connectivity index (χ1) is 14.6. The molecule has 31 heavy (non-hydrogen) atoms. The van der Waals surface area contributed by atoms with Crippen molar-refractivity contribution in [3.8, 4) is 0 Å². The van der Waals surface area contributed by atoms with E-state index < -0.39 is 23.5 Å². The first-order valence-electron chi connectivity index (χ1n) is 10.3. The van der Waals surface area contributed by atoms with E-state index in [1.54, 1.807) is 17.0 Å². The maximum absolute atomic E-state index is 13.1. The highest BCUT2D eigenvalue weighted by Crippen LogP contribution is 2.38. The molecule has 0 fully saturated rings. The summed E-state index contributed by atoms with van der Waals surface area (Å²) in [6.07, 6.45) is 4.39. The number of carbonyl (C=O) groups excluding carboxylic acids is 2. The summed E-state index contributed by atoms with van der Waals surface area (Å²) in [6, 6.07) is 10.7. The quantitative estimate of drug-likeness (QED) is 0.680. The van der Waals surface area contributed by atoms with Crippen LogP contribution in [0.1, 0.15) is 43.7 Å². The Morgan fingerprint density at radius 3 is 2.42 bits per heavy atom. The number of nitrogens with zero attached hydrogens (tertiary/aromatic N) is 2. The lowest BCUT2D eigenvalue weighted by atomic mass is 9.85. The molecule has 0 spiro atoms. The van der Waals surface area contributed by atoms with Gasteiger partial charge in [-0.2, -0.15) is 0 Å². The molecule has 0 bridgehead atoms. The van der Waals surface area contributed by atoms with E-state index in [2.05, 4.69) is 20.8 Å². The highest BCUT2D eigenvalue weighted by atomic mass is 16.3. The molecule has 164 valence electrons. The fraction of sp³-hybridized carbons (Fsp3) is 0.360. The molecule has 1 aromatic heterocycles. The lowest BCUT2D eigenvalue weighted by molar-refractivity contribution is -0.129. The Labute approximate surface area is 183 Å². The van der Waals surface area contributed by atoms with Gasteiger partial charge in [0.1, 0.15) is 5.76 Å². The monoisotopic (exact) mass is 422 g/mol. The molecular weight excluding hydrogens is 392 g/mol. The van der Waals surface area contributed by atoms with Crippen LogP contribution in [0.3, 0.4) is 0 Å². The number of amides is 1. The summed E-state index contributed by atoms with van der Waals surface area (Å²) in [5, 5.41) is 10.6. The molecule has 0 radical (unpaired) electrons. The van der Waals surface area contributed by atoms with Gasteiger partial charge in [0.05, 0.1) is 17.9 Å². The van der Waals surface area contributed by atoms with E-state index >= 15 is 0 Å². The fourth-order valence-electron chi connectivity index (χ4n) is 3.59. The van der Waals surface area contributed by atoms with E-state index in [-0.39, 0.29) is 11.0 Å². The summed E-state index contributed by atoms with van der Waals surface area (Å²) in [5.41, 5.74) is 2.02. The van der Waals surface area contributed by atoms with Crippen LogP contribution < -0.4 is 0 Å². The van der Waals surface area contributed by atoms with Crippen molar-refractivity contribution in [2.24, 2.45) is 0 Å². The molecule has 0 saturated carbocycles. The van der Waals surface area contributed by atoms with Crippen molar-refractivity contribution < 1.29 is 19.1 Å². The lowest BCUT2D eigenvalue weighted by Gasteiger charge is -2.28. The molecule has 2 aromatic rings. The Kier molecular flexibility index (Phi) is 6.51. The van der Waals surface area contributed by atoms with Gasteiger partial charge in [0.15, 0.2) is 11.5 Å². The molecule has 2 heterocycles. The van der Waals surface area contributed by atoms with Crippen LogP contribution in [0, 0.1) is 0 Å². The zero-order valence-electron chi connectivity index (χ0n) is 18.8. The predicted molar refractivity (Wildman–Crippen MR) is 121 cm³/mol. The smallest absolute Gasteiger partial charge is 0.290 e. The Bertz CT molecular complexity index is 993. The van der Waals surface area contributed by atoms with Crippen molar-refractivity contribution in [2.75, 3.05) is 27.2 Å². The SMILES string of the molecule is CN(C)CCN1C(=O)C(O)=C(C(=O)/C=C/c2ccco2)C1c1ccc(C(C)(C)C)cc1. The third-order valence-corrected chi connectivity index (χ3v) is 5.39. The van der Waals surface area contributed by atoms with E-state index in [9.17, 15) is 14.7 Å². The average Bonchev–Trinajstić information content (AvgIpc) is 3.31. The largest absolute Gasteiger partial charge is 0.503 e. The third-order valence-electron chi connectivity index (χ3n) is 5.39. The van der Waals surface area contributed by atoms with Gasteiger partial charge in [0.25, 0.3) is 5.91 Å². The molecule has 1 amide bonds. The molecule has 1 unspecified atom stereocenters. The average molecular weight is 423 g/mol. The van der Waals surface area contributed by atoms with E-state index in [1.807, 2.05) is 43.3 Å². The van der Waals surface area contributed by atoms with Gasteiger partial charge in [-0.05, 0) is 54.9 Å². The minimum Gasteiger partial charge on any atom is -0.503 e. The molecule has 6 nitrogen and oxygen atoms in total. The fourth-order valence-corrected chi connectivity index (χ4v) is 3.59. The molecule has 1 aliphatic heterocycles. The Hall–Kier alpha value is -3.12. The van der Waals surface area contributed by atoms with Crippen LogP contribution in [0.5, 0.6) is 0 Å². The molecule has 0 aliphatic carbocycles. The van der Waals surface area contributed by atoms with Gasteiger partial charge in [-0.3, -0.25) is 9.59 Å². The zero-order chi connectivity index (χ0) is 22.8. The topological polar surface area (TPSA) is 74.0 Å². The second-order valence-electron chi connectivity index (χ2n) is 9.05. The van der Waals surface area contributed by atoms with Gasteiger partial charge >= 0.3 is 0 Å².